The summed E-state index contributed by atoms with van der Waals surface area (Å²) >= 11 is 0. The first kappa shape index (κ1) is 3.78. The van der Waals surface area contributed by atoms with Crippen molar-refractivity contribution in [2.45, 2.75) is 12.8 Å². The molecule has 0 N–H and O–H groups in total. The molecule has 1 heterocycles. The molecule has 0 fully saturated rings. The maximum atomic E-state index is 3.75. The smallest absolute Gasteiger partial charge is 0.0950 e. The molecule has 0 aromatic heterocycles. The van der Waals surface area contributed by atoms with Crippen molar-refractivity contribution in [3.63, 3.8) is 0 Å². The van der Waals surface area contributed by atoms with Crippen molar-refractivity contribution in [3.05, 3.63) is 6.54 Å². The third-order valence-electron chi connectivity index (χ3n) is 0.755. The Bertz CT molecular complexity index is 50.6. The van der Waals surface area contributed by atoms with Crippen LogP contribution in [0.2, 0.25) is 0 Å². The van der Waals surface area contributed by atoms with E-state index in [0.717, 1.165) is 13.0 Å². The molecular formula is C4H7N2. The third kappa shape index (κ3) is 0.776. The van der Waals surface area contributed by atoms with Gasteiger partial charge in [-0.25, -0.2) is 0 Å². The monoisotopic (exact) mass is 83.1 g/mol. The highest BCUT2D eigenvalue weighted by Crippen LogP contribution is 2.01. The summed E-state index contributed by atoms with van der Waals surface area (Å²) in [7, 11) is 0. The van der Waals surface area contributed by atoms with Crippen molar-refractivity contribution >= 4 is 0 Å². The van der Waals surface area contributed by atoms with E-state index >= 15 is 0 Å². The second kappa shape index (κ2) is 1.90. The van der Waals surface area contributed by atoms with E-state index < -0.39 is 0 Å². The second-order valence-corrected chi connectivity index (χ2v) is 1.31. The van der Waals surface area contributed by atoms with Crippen LogP contribution in [0.3, 0.4) is 0 Å². The Kier molecular flexibility index (Phi) is 1.20. The summed E-state index contributed by atoms with van der Waals surface area (Å²) < 4.78 is 0. The van der Waals surface area contributed by atoms with Crippen LogP contribution in [0, 0.1) is 6.54 Å². The molecular weight excluding hydrogens is 76.1 g/mol. The molecule has 1 aliphatic heterocycles. The molecule has 0 aromatic carbocycles. The van der Waals surface area contributed by atoms with Crippen LogP contribution in [0.25, 0.3) is 0 Å². The average Bonchev–Trinajstić information content (AvgIpc) is 1.72. The van der Waals surface area contributed by atoms with Crippen LogP contribution in [0.5, 0.6) is 0 Å². The SMILES string of the molecule is [CH]1CCCN=N1. The maximum Gasteiger partial charge on any atom is 0.0950 e. The Labute approximate surface area is 37.3 Å². The third-order valence-corrected chi connectivity index (χ3v) is 0.755. The highest BCUT2D eigenvalue weighted by molar-refractivity contribution is 4.63. The molecule has 2 nitrogen and oxygen atoms in total. The van der Waals surface area contributed by atoms with Crippen molar-refractivity contribution in [2.24, 2.45) is 10.2 Å². The topological polar surface area (TPSA) is 24.7 Å². The van der Waals surface area contributed by atoms with E-state index in [9.17, 15) is 0 Å². The Balaban J connectivity index is 2.26. The summed E-state index contributed by atoms with van der Waals surface area (Å²) in [5.41, 5.74) is 0. The molecule has 0 bridgehead atoms. The number of hydrogen-bond acceptors (Lipinski definition) is 2. The number of rotatable bonds is 0. The molecule has 6 heavy (non-hydrogen) atoms. The molecule has 1 radical (unpaired) electrons. The van der Waals surface area contributed by atoms with Crippen molar-refractivity contribution in [2.75, 3.05) is 6.54 Å². The van der Waals surface area contributed by atoms with Crippen molar-refractivity contribution in [3.8, 4) is 0 Å². The molecule has 2 heteroatoms. The van der Waals surface area contributed by atoms with Crippen LogP contribution >= 0.6 is 0 Å². The van der Waals surface area contributed by atoms with E-state index in [1.54, 1.807) is 0 Å². The molecule has 0 unspecified atom stereocenters. The normalized spacial score (nSPS) is 21.3. The average molecular weight is 83.1 g/mol. The molecule has 0 atom stereocenters. The minimum absolute atomic E-state index is 0.927. The number of nitrogens with zero attached hydrogens (tertiary/aromatic N) is 2. The van der Waals surface area contributed by atoms with Gasteiger partial charge >= 0.3 is 0 Å². The van der Waals surface area contributed by atoms with Gasteiger partial charge in [0.15, 0.2) is 0 Å². The van der Waals surface area contributed by atoms with Gasteiger partial charge in [0.1, 0.15) is 0 Å². The van der Waals surface area contributed by atoms with Gasteiger partial charge in [0.25, 0.3) is 0 Å². The van der Waals surface area contributed by atoms with Crippen LogP contribution < -0.4 is 0 Å². The van der Waals surface area contributed by atoms with Crippen LogP contribution in [0.4, 0.5) is 0 Å². The molecule has 1 rings (SSSR count). The highest BCUT2D eigenvalue weighted by Gasteiger charge is 1.90. The van der Waals surface area contributed by atoms with E-state index in [1.807, 2.05) is 6.54 Å². The van der Waals surface area contributed by atoms with E-state index in [0.29, 0.717) is 0 Å². The lowest BCUT2D eigenvalue weighted by Gasteiger charge is -1.95. The summed E-state index contributed by atoms with van der Waals surface area (Å²) in [6.45, 7) is 2.78. The zero-order valence-electron chi connectivity index (χ0n) is 3.59. The van der Waals surface area contributed by atoms with Gasteiger partial charge in [-0.1, -0.05) is 0 Å². The van der Waals surface area contributed by atoms with Gasteiger partial charge < -0.3 is 0 Å². The van der Waals surface area contributed by atoms with E-state index in [-0.39, 0.29) is 0 Å². The molecule has 33 valence electrons. The lowest BCUT2D eigenvalue weighted by atomic mass is 10.3. The Hall–Kier alpha value is -0.400. The van der Waals surface area contributed by atoms with Gasteiger partial charge in [-0.3, -0.25) is 0 Å². The second-order valence-electron chi connectivity index (χ2n) is 1.31. The van der Waals surface area contributed by atoms with E-state index in [1.165, 1.54) is 6.42 Å². The van der Waals surface area contributed by atoms with Crippen molar-refractivity contribution in [1.29, 1.82) is 0 Å². The lowest BCUT2D eigenvalue weighted by Crippen LogP contribution is -1.85. The lowest BCUT2D eigenvalue weighted by molar-refractivity contribution is 0.710. The fraction of sp³-hybridized carbons (Fsp3) is 0.750. The predicted molar refractivity (Wildman–Crippen MR) is 23.3 cm³/mol. The maximum absolute atomic E-state index is 3.75. The molecule has 0 saturated heterocycles. The first-order valence-electron chi connectivity index (χ1n) is 2.18. The molecule has 0 amide bonds. The minimum Gasteiger partial charge on any atom is -0.194 e. The standard InChI is InChI=1S/C4H7N2/c1-2-4-6-5-3-1/h3H,1-2,4H2. The van der Waals surface area contributed by atoms with Crippen molar-refractivity contribution in [1.82, 2.24) is 0 Å². The van der Waals surface area contributed by atoms with Crippen molar-refractivity contribution < 1.29 is 0 Å². The minimum atomic E-state index is 0.927. The van der Waals surface area contributed by atoms with Gasteiger partial charge in [-0.05, 0) is 12.8 Å². The van der Waals surface area contributed by atoms with Gasteiger partial charge in [-0.2, -0.15) is 10.2 Å². The van der Waals surface area contributed by atoms with Gasteiger partial charge in [0.05, 0.1) is 13.1 Å². The van der Waals surface area contributed by atoms with Gasteiger partial charge in [0.2, 0.25) is 0 Å². The van der Waals surface area contributed by atoms with Crippen LogP contribution in [-0.4, -0.2) is 6.54 Å². The Morgan fingerprint density at radius 1 is 1.50 bits per heavy atom. The summed E-state index contributed by atoms with van der Waals surface area (Å²) in [6, 6.07) is 0. The molecule has 0 aliphatic carbocycles. The summed E-state index contributed by atoms with van der Waals surface area (Å²) in [4.78, 5) is 0. The van der Waals surface area contributed by atoms with Crippen LogP contribution in [-0.2, 0) is 0 Å². The molecule has 0 saturated carbocycles. The Morgan fingerprint density at radius 3 is 2.67 bits per heavy atom. The predicted octanol–water partition coefficient (Wildman–Crippen LogP) is 1.39. The molecule has 0 spiro atoms. The first-order valence-corrected chi connectivity index (χ1v) is 2.18. The molecule has 1 aliphatic rings. The van der Waals surface area contributed by atoms with Crippen LogP contribution in [0.15, 0.2) is 10.2 Å². The quantitative estimate of drug-likeness (QED) is 0.423. The number of hydrogen-bond donors (Lipinski definition) is 0. The zero-order valence-corrected chi connectivity index (χ0v) is 3.59. The fourth-order valence-electron chi connectivity index (χ4n) is 0.426. The Morgan fingerprint density at radius 2 is 2.50 bits per heavy atom. The van der Waals surface area contributed by atoms with Gasteiger partial charge in [0, 0.05) is 0 Å². The largest absolute Gasteiger partial charge is 0.194 e. The fourth-order valence-corrected chi connectivity index (χ4v) is 0.426. The number of azo groups is 1. The summed E-state index contributed by atoms with van der Waals surface area (Å²) in [5.74, 6) is 0. The molecule has 0 aromatic rings. The van der Waals surface area contributed by atoms with Crippen LogP contribution in [0.1, 0.15) is 12.8 Å². The summed E-state index contributed by atoms with van der Waals surface area (Å²) in [5, 5.41) is 7.42. The highest BCUT2D eigenvalue weighted by atomic mass is 15.1. The zero-order chi connectivity index (χ0) is 4.24. The van der Waals surface area contributed by atoms with E-state index in [4.69, 9.17) is 0 Å². The van der Waals surface area contributed by atoms with E-state index in [2.05, 4.69) is 10.2 Å². The first-order chi connectivity index (χ1) is 3.00. The summed E-state index contributed by atoms with van der Waals surface area (Å²) in [6.07, 6.45) is 2.30. The van der Waals surface area contributed by atoms with Gasteiger partial charge in [-0.15, -0.1) is 0 Å².